The smallest absolute Gasteiger partial charge is 0.311 e. The number of anilines is 1. The van der Waals surface area contributed by atoms with Crippen LogP contribution in [0.4, 0.5) is 5.13 Å². The SMILES string of the molecule is COC(=O)Cc1csc(N(C)Cc2ncc[nH]2)n1. The van der Waals surface area contributed by atoms with Gasteiger partial charge in [0.05, 0.1) is 25.8 Å². The molecule has 2 aromatic rings. The molecule has 0 saturated carbocycles. The topological polar surface area (TPSA) is 71.1 Å². The first kappa shape index (κ1) is 12.6. The molecule has 0 radical (unpaired) electrons. The van der Waals surface area contributed by atoms with Crippen molar-refractivity contribution in [2.24, 2.45) is 0 Å². The molecule has 7 heteroatoms. The summed E-state index contributed by atoms with van der Waals surface area (Å²) in [5.41, 5.74) is 0.730. The van der Waals surface area contributed by atoms with Crippen LogP contribution in [0.15, 0.2) is 17.8 Å². The van der Waals surface area contributed by atoms with Gasteiger partial charge in [0, 0.05) is 24.8 Å². The quantitative estimate of drug-likeness (QED) is 0.824. The van der Waals surface area contributed by atoms with Gasteiger partial charge in [0.25, 0.3) is 0 Å². The van der Waals surface area contributed by atoms with Gasteiger partial charge < -0.3 is 14.6 Å². The number of ether oxygens (including phenoxy) is 1. The van der Waals surface area contributed by atoms with Crippen LogP contribution in [0.25, 0.3) is 0 Å². The molecule has 0 aliphatic carbocycles. The van der Waals surface area contributed by atoms with E-state index in [0.717, 1.165) is 16.6 Å². The zero-order valence-corrected chi connectivity index (χ0v) is 11.0. The molecule has 18 heavy (non-hydrogen) atoms. The summed E-state index contributed by atoms with van der Waals surface area (Å²) in [5.74, 6) is 0.600. The highest BCUT2D eigenvalue weighted by Crippen LogP contribution is 2.20. The lowest BCUT2D eigenvalue weighted by Gasteiger charge is -2.13. The Morgan fingerprint density at radius 3 is 3.11 bits per heavy atom. The van der Waals surface area contributed by atoms with E-state index in [1.54, 1.807) is 12.4 Å². The summed E-state index contributed by atoms with van der Waals surface area (Å²) in [5, 5.41) is 2.72. The number of hydrogen-bond donors (Lipinski definition) is 1. The maximum absolute atomic E-state index is 11.1. The number of thiazole rings is 1. The minimum absolute atomic E-state index is 0.210. The number of aromatic nitrogens is 3. The van der Waals surface area contributed by atoms with Crippen molar-refractivity contribution in [3.63, 3.8) is 0 Å². The number of nitrogens with one attached hydrogen (secondary N) is 1. The van der Waals surface area contributed by atoms with Crippen molar-refractivity contribution < 1.29 is 9.53 Å². The zero-order valence-electron chi connectivity index (χ0n) is 10.2. The van der Waals surface area contributed by atoms with Crippen molar-refractivity contribution in [1.82, 2.24) is 15.0 Å². The van der Waals surface area contributed by atoms with E-state index in [1.807, 2.05) is 17.3 Å². The van der Waals surface area contributed by atoms with E-state index in [9.17, 15) is 4.79 Å². The second-order valence-corrected chi connectivity index (χ2v) is 4.60. The third-order valence-electron chi connectivity index (χ3n) is 2.36. The largest absolute Gasteiger partial charge is 0.469 e. The number of aromatic amines is 1. The molecule has 2 rings (SSSR count). The maximum Gasteiger partial charge on any atom is 0.311 e. The van der Waals surface area contributed by atoms with E-state index >= 15 is 0 Å². The number of imidazole rings is 1. The molecule has 6 nitrogen and oxygen atoms in total. The van der Waals surface area contributed by atoms with Crippen molar-refractivity contribution >= 4 is 22.4 Å². The van der Waals surface area contributed by atoms with Crippen LogP contribution in [0, 0.1) is 0 Å². The van der Waals surface area contributed by atoms with Gasteiger partial charge in [-0.15, -0.1) is 11.3 Å². The highest BCUT2D eigenvalue weighted by Gasteiger charge is 2.11. The van der Waals surface area contributed by atoms with Gasteiger partial charge in [0.15, 0.2) is 5.13 Å². The summed E-state index contributed by atoms with van der Waals surface area (Å²) in [6.45, 7) is 0.651. The lowest BCUT2D eigenvalue weighted by Crippen LogP contribution is -2.17. The average Bonchev–Trinajstić information content (AvgIpc) is 3.00. The summed E-state index contributed by atoms with van der Waals surface area (Å²) < 4.78 is 4.61. The second kappa shape index (κ2) is 5.63. The van der Waals surface area contributed by atoms with Crippen LogP contribution in [0.3, 0.4) is 0 Å². The van der Waals surface area contributed by atoms with Crippen LogP contribution in [0.2, 0.25) is 0 Å². The van der Waals surface area contributed by atoms with Crippen LogP contribution in [-0.2, 0) is 22.5 Å². The zero-order chi connectivity index (χ0) is 13.0. The van der Waals surface area contributed by atoms with E-state index in [2.05, 4.69) is 19.7 Å². The number of H-pyrrole nitrogens is 1. The molecule has 0 fully saturated rings. The van der Waals surface area contributed by atoms with E-state index in [1.165, 1.54) is 18.4 Å². The molecule has 0 aromatic carbocycles. The number of nitrogens with zero attached hydrogens (tertiary/aromatic N) is 3. The average molecular weight is 266 g/mol. The fourth-order valence-corrected chi connectivity index (χ4v) is 2.24. The van der Waals surface area contributed by atoms with Gasteiger partial charge in [-0.3, -0.25) is 4.79 Å². The van der Waals surface area contributed by atoms with Gasteiger partial charge in [-0.1, -0.05) is 0 Å². The van der Waals surface area contributed by atoms with Gasteiger partial charge in [0.2, 0.25) is 0 Å². The number of hydrogen-bond acceptors (Lipinski definition) is 6. The van der Waals surface area contributed by atoms with E-state index in [0.29, 0.717) is 6.54 Å². The Hall–Kier alpha value is -1.89. The van der Waals surface area contributed by atoms with Crippen molar-refractivity contribution in [3.05, 3.63) is 29.3 Å². The molecule has 0 bridgehead atoms. The number of carbonyl (C=O) groups excluding carboxylic acids is 1. The Morgan fingerprint density at radius 2 is 2.44 bits per heavy atom. The third kappa shape index (κ3) is 3.07. The second-order valence-electron chi connectivity index (χ2n) is 3.77. The molecule has 0 spiro atoms. The predicted molar refractivity (Wildman–Crippen MR) is 68.5 cm³/mol. The Balaban J connectivity index is 1.98. The Morgan fingerprint density at radius 1 is 1.61 bits per heavy atom. The normalized spacial score (nSPS) is 10.3. The minimum atomic E-state index is -0.277. The van der Waals surface area contributed by atoms with Crippen molar-refractivity contribution in [1.29, 1.82) is 0 Å². The van der Waals surface area contributed by atoms with E-state index < -0.39 is 0 Å². The summed E-state index contributed by atoms with van der Waals surface area (Å²) in [6, 6.07) is 0. The molecular formula is C11H14N4O2S. The first-order valence-corrected chi connectivity index (χ1v) is 6.27. The Bertz CT molecular complexity index is 509. The molecular weight excluding hydrogens is 252 g/mol. The minimum Gasteiger partial charge on any atom is -0.469 e. The monoisotopic (exact) mass is 266 g/mol. The van der Waals surface area contributed by atoms with Crippen LogP contribution in [-0.4, -0.2) is 35.1 Å². The number of rotatable bonds is 5. The fraction of sp³-hybridized carbons (Fsp3) is 0.364. The summed E-state index contributed by atoms with van der Waals surface area (Å²) in [6.07, 6.45) is 3.71. The molecule has 0 unspecified atom stereocenters. The first-order chi connectivity index (χ1) is 8.69. The molecule has 0 saturated heterocycles. The molecule has 2 heterocycles. The summed E-state index contributed by atoms with van der Waals surface area (Å²) >= 11 is 1.50. The number of methoxy groups -OCH3 is 1. The first-order valence-electron chi connectivity index (χ1n) is 5.39. The molecule has 1 N–H and O–H groups in total. The Labute approximate surface area is 109 Å². The van der Waals surface area contributed by atoms with Gasteiger partial charge in [-0.05, 0) is 0 Å². The van der Waals surface area contributed by atoms with Gasteiger partial charge >= 0.3 is 5.97 Å². The lowest BCUT2D eigenvalue weighted by atomic mass is 10.3. The van der Waals surface area contributed by atoms with E-state index in [-0.39, 0.29) is 12.4 Å². The molecule has 2 aromatic heterocycles. The fourth-order valence-electron chi connectivity index (χ4n) is 1.45. The molecule has 0 aliphatic rings. The standard InChI is InChI=1S/C11H14N4O2S/c1-15(6-9-12-3-4-13-9)11-14-8(7-18-11)5-10(16)17-2/h3-4,7H,5-6H2,1-2H3,(H,12,13). The maximum atomic E-state index is 11.1. The van der Waals surface area contributed by atoms with Gasteiger partial charge in [-0.2, -0.15) is 0 Å². The van der Waals surface area contributed by atoms with Gasteiger partial charge in [-0.25, -0.2) is 9.97 Å². The van der Waals surface area contributed by atoms with Crippen LogP contribution in [0.1, 0.15) is 11.5 Å². The number of carbonyl (C=O) groups is 1. The third-order valence-corrected chi connectivity index (χ3v) is 3.36. The molecule has 0 amide bonds. The predicted octanol–water partition coefficient (Wildman–Crippen LogP) is 1.22. The Kier molecular flexibility index (Phi) is 3.93. The summed E-state index contributed by atoms with van der Waals surface area (Å²) in [4.78, 5) is 24.7. The highest BCUT2D eigenvalue weighted by atomic mass is 32.1. The van der Waals surface area contributed by atoms with E-state index in [4.69, 9.17) is 0 Å². The molecule has 0 aliphatic heterocycles. The molecule has 96 valence electrons. The van der Waals surface area contributed by atoms with Crippen molar-refractivity contribution in [2.45, 2.75) is 13.0 Å². The number of esters is 1. The highest BCUT2D eigenvalue weighted by molar-refractivity contribution is 7.13. The molecule has 0 atom stereocenters. The van der Waals surface area contributed by atoms with Crippen LogP contribution < -0.4 is 4.90 Å². The van der Waals surface area contributed by atoms with Crippen LogP contribution in [0.5, 0.6) is 0 Å². The van der Waals surface area contributed by atoms with Crippen molar-refractivity contribution in [2.75, 3.05) is 19.1 Å². The van der Waals surface area contributed by atoms with Gasteiger partial charge in [0.1, 0.15) is 5.82 Å². The van der Waals surface area contributed by atoms with Crippen molar-refractivity contribution in [3.8, 4) is 0 Å². The lowest BCUT2D eigenvalue weighted by molar-refractivity contribution is -0.139. The summed E-state index contributed by atoms with van der Waals surface area (Å²) in [7, 11) is 3.31. The van der Waals surface area contributed by atoms with Crippen LogP contribution >= 0.6 is 11.3 Å².